The molecule has 0 atom stereocenters. The topological polar surface area (TPSA) is 124 Å². The van der Waals surface area contributed by atoms with Gasteiger partial charge in [0, 0.05) is 22.0 Å². The Labute approximate surface area is 186 Å². The van der Waals surface area contributed by atoms with Crippen LogP contribution in [0, 0.1) is 6.92 Å². The van der Waals surface area contributed by atoms with Crippen LogP contribution in [0.25, 0.3) is 10.9 Å². The number of carbonyl (C=O) groups is 1. The van der Waals surface area contributed by atoms with Gasteiger partial charge in [-0.25, -0.2) is 9.97 Å². The van der Waals surface area contributed by atoms with Crippen LogP contribution in [-0.4, -0.2) is 33.5 Å². The van der Waals surface area contributed by atoms with E-state index >= 15 is 0 Å². The smallest absolute Gasteiger partial charge is 0.401 e. The minimum atomic E-state index is -4.66. The molecule has 3 aromatic rings. The number of fused-ring (bicyclic) bond motifs is 1. The molecule has 0 spiro atoms. The van der Waals surface area contributed by atoms with Gasteiger partial charge >= 0.3 is 6.18 Å². The molecule has 168 valence electrons. The first kappa shape index (κ1) is 23.1. The van der Waals surface area contributed by atoms with E-state index in [2.05, 4.69) is 9.97 Å². The number of pyridine rings is 1. The van der Waals surface area contributed by atoms with Crippen molar-refractivity contribution in [3.8, 4) is 0 Å². The van der Waals surface area contributed by atoms with Crippen LogP contribution in [-0.2, 0) is 6.54 Å². The lowest BCUT2D eigenvalue weighted by Crippen LogP contribution is -2.34. The Morgan fingerprint density at radius 1 is 1.22 bits per heavy atom. The van der Waals surface area contributed by atoms with Gasteiger partial charge in [-0.1, -0.05) is 0 Å². The second-order valence-electron chi connectivity index (χ2n) is 7.10. The number of thiazole rings is 1. The number of rotatable bonds is 6. The van der Waals surface area contributed by atoms with Gasteiger partial charge in [-0.05, 0) is 48.9 Å². The van der Waals surface area contributed by atoms with Crippen molar-refractivity contribution in [2.75, 3.05) is 12.3 Å². The largest absolute Gasteiger partial charge is 0.430 e. The zero-order valence-electron chi connectivity index (χ0n) is 17.1. The molecular weight excluding hydrogens is 441 g/mol. The summed E-state index contributed by atoms with van der Waals surface area (Å²) in [5.41, 5.74) is 19.5. The molecule has 3 rings (SSSR count). The van der Waals surface area contributed by atoms with Crippen LogP contribution in [0.5, 0.6) is 0 Å². The highest BCUT2D eigenvalue weighted by Gasteiger charge is 2.30. The quantitative estimate of drug-likeness (QED) is 0.482. The van der Waals surface area contributed by atoms with Crippen molar-refractivity contribution >= 4 is 34.0 Å². The van der Waals surface area contributed by atoms with Gasteiger partial charge in [0.15, 0.2) is 0 Å². The van der Waals surface area contributed by atoms with E-state index in [1.54, 1.807) is 29.1 Å². The standard InChI is InChI=1S/C21H21F3N6OS/c1-12-6-14-7-13(2-4-17(14)29-19(12)27)20(31)30(9-16-10-32-11-28-16)8-15(25)3-5-18(26)21(22,23)24/h2-7,10-11H,8-9,25-26H2,1H3,(H2,27,29)/b15-3-,18-5-. The third kappa shape index (κ3) is 5.55. The molecule has 0 aliphatic heterocycles. The van der Waals surface area contributed by atoms with Crippen LogP contribution in [0.2, 0.25) is 0 Å². The molecule has 2 aromatic heterocycles. The molecule has 0 radical (unpaired) electrons. The molecule has 0 aliphatic carbocycles. The van der Waals surface area contributed by atoms with Crippen molar-refractivity contribution in [2.24, 2.45) is 11.5 Å². The van der Waals surface area contributed by atoms with Gasteiger partial charge in [0.05, 0.1) is 29.8 Å². The summed E-state index contributed by atoms with van der Waals surface area (Å²) in [6, 6.07) is 6.82. The van der Waals surface area contributed by atoms with E-state index in [4.69, 9.17) is 17.2 Å². The number of allylic oxidation sites excluding steroid dienone is 3. The van der Waals surface area contributed by atoms with Gasteiger partial charge < -0.3 is 22.1 Å². The molecule has 0 fully saturated rings. The zero-order valence-corrected chi connectivity index (χ0v) is 17.9. The highest BCUT2D eigenvalue weighted by Crippen LogP contribution is 2.22. The summed E-state index contributed by atoms with van der Waals surface area (Å²) in [7, 11) is 0. The fourth-order valence-electron chi connectivity index (χ4n) is 2.89. The zero-order chi connectivity index (χ0) is 23.5. The molecule has 1 amide bonds. The van der Waals surface area contributed by atoms with Crippen molar-refractivity contribution in [1.82, 2.24) is 14.9 Å². The average Bonchev–Trinajstić information content (AvgIpc) is 3.24. The molecule has 0 bridgehead atoms. The molecule has 7 nitrogen and oxygen atoms in total. The summed E-state index contributed by atoms with van der Waals surface area (Å²) in [5.74, 6) is 0.0457. The van der Waals surface area contributed by atoms with E-state index in [9.17, 15) is 18.0 Å². The van der Waals surface area contributed by atoms with E-state index in [0.717, 1.165) is 17.0 Å². The number of nitrogen functional groups attached to an aromatic ring is 1. The van der Waals surface area contributed by atoms with Crippen LogP contribution in [0.3, 0.4) is 0 Å². The summed E-state index contributed by atoms with van der Waals surface area (Å²) in [5, 5.41) is 2.51. The van der Waals surface area contributed by atoms with Crippen molar-refractivity contribution < 1.29 is 18.0 Å². The normalized spacial score (nSPS) is 12.9. The summed E-state index contributed by atoms with van der Waals surface area (Å²) in [6.45, 7) is 1.83. The van der Waals surface area contributed by atoms with Gasteiger partial charge in [0.1, 0.15) is 11.5 Å². The molecule has 0 saturated heterocycles. The number of aromatic nitrogens is 2. The lowest BCUT2D eigenvalue weighted by Gasteiger charge is -2.22. The van der Waals surface area contributed by atoms with E-state index in [-0.39, 0.29) is 24.7 Å². The average molecular weight is 463 g/mol. The summed E-state index contributed by atoms with van der Waals surface area (Å²) in [4.78, 5) is 23.1. The van der Waals surface area contributed by atoms with Crippen LogP contribution in [0.4, 0.5) is 19.0 Å². The minimum Gasteiger partial charge on any atom is -0.401 e. The second kappa shape index (κ2) is 9.27. The number of hydrogen-bond donors (Lipinski definition) is 3. The number of anilines is 1. The van der Waals surface area contributed by atoms with E-state index in [1.165, 1.54) is 16.2 Å². The second-order valence-corrected chi connectivity index (χ2v) is 7.82. The van der Waals surface area contributed by atoms with E-state index < -0.39 is 11.9 Å². The minimum absolute atomic E-state index is 0.0341. The third-order valence-corrected chi connectivity index (χ3v) is 5.23. The van der Waals surface area contributed by atoms with Crippen molar-refractivity contribution in [3.05, 3.63) is 75.5 Å². The Bertz CT molecular complexity index is 1190. The Morgan fingerprint density at radius 3 is 2.62 bits per heavy atom. The van der Waals surface area contributed by atoms with E-state index in [1.807, 2.05) is 13.0 Å². The molecule has 6 N–H and O–H groups in total. The first-order valence-electron chi connectivity index (χ1n) is 9.37. The highest BCUT2D eigenvalue weighted by molar-refractivity contribution is 7.07. The molecule has 11 heteroatoms. The predicted octanol–water partition coefficient (Wildman–Crippen LogP) is 3.47. The number of aryl methyl sites for hydroxylation is 1. The SMILES string of the molecule is Cc1cc2cc(C(=O)N(C/C(N)=C/C=C(\N)C(F)(F)F)Cc3cscn3)ccc2nc1N. The monoisotopic (exact) mass is 462 g/mol. The molecule has 0 unspecified atom stereocenters. The molecular formula is C21H21F3N6OS. The molecule has 32 heavy (non-hydrogen) atoms. The maximum Gasteiger partial charge on any atom is 0.430 e. The third-order valence-electron chi connectivity index (χ3n) is 4.59. The number of benzene rings is 1. The molecule has 2 heterocycles. The highest BCUT2D eigenvalue weighted by atomic mass is 32.1. The number of amides is 1. The summed E-state index contributed by atoms with van der Waals surface area (Å²) in [6.07, 6.45) is -2.94. The van der Waals surface area contributed by atoms with Crippen molar-refractivity contribution in [3.63, 3.8) is 0 Å². The molecule has 0 saturated carbocycles. The van der Waals surface area contributed by atoms with Crippen molar-refractivity contribution in [2.45, 2.75) is 19.6 Å². The van der Waals surface area contributed by atoms with Crippen molar-refractivity contribution in [1.29, 1.82) is 0 Å². The van der Waals surface area contributed by atoms with Gasteiger partial charge in [0.25, 0.3) is 5.91 Å². The maximum absolute atomic E-state index is 13.3. The first-order valence-corrected chi connectivity index (χ1v) is 10.3. The molecule has 0 aliphatic rings. The van der Waals surface area contributed by atoms with Gasteiger partial charge in [-0.15, -0.1) is 11.3 Å². The van der Waals surface area contributed by atoms with Gasteiger partial charge in [0.2, 0.25) is 0 Å². The summed E-state index contributed by atoms with van der Waals surface area (Å²) < 4.78 is 37.8. The lowest BCUT2D eigenvalue weighted by atomic mass is 10.1. The predicted molar refractivity (Wildman–Crippen MR) is 118 cm³/mol. The Hall–Kier alpha value is -3.60. The number of hydrogen-bond acceptors (Lipinski definition) is 7. The lowest BCUT2D eigenvalue weighted by molar-refractivity contribution is -0.0926. The van der Waals surface area contributed by atoms with Crippen LogP contribution in [0.15, 0.2) is 58.7 Å². The fourth-order valence-corrected chi connectivity index (χ4v) is 3.44. The van der Waals surface area contributed by atoms with Gasteiger partial charge in [-0.3, -0.25) is 4.79 Å². The van der Waals surface area contributed by atoms with Crippen LogP contribution >= 0.6 is 11.3 Å². The number of halogens is 3. The first-order chi connectivity index (χ1) is 15.0. The Kier molecular flexibility index (Phi) is 6.68. The number of nitrogens with zero attached hydrogens (tertiary/aromatic N) is 3. The van der Waals surface area contributed by atoms with E-state index in [0.29, 0.717) is 28.7 Å². The van der Waals surface area contributed by atoms with Crippen LogP contribution in [0.1, 0.15) is 21.6 Å². The maximum atomic E-state index is 13.3. The number of alkyl halides is 3. The summed E-state index contributed by atoms with van der Waals surface area (Å²) >= 11 is 1.36. The van der Waals surface area contributed by atoms with Crippen LogP contribution < -0.4 is 17.2 Å². The Morgan fingerprint density at radius 2 is 1.97 bits per heavy atom. The Balaban J connectivity index is 1.90. The number of carbonyl (C=O) groups excluding carboxylic acids is 1. The van der Waals surface area contributed by atoms with Gasteiger partial charge in [-0.2, -0.15) is 13.2 Å². The number of nitrogens with two attached hydrogens (primary N) is 3. The fraction of sp³-hybridized carbons (Fsp3) is 0.190. The molecule has 1 aromatic carbocycles.